The van der Waals surface area contributed by atoms with Crippen LogP contribution in [0.4, 0.5) is 0 Å². The number of hydrogen-bond acceptors (Lipinski definition) is 16. The van der Waals surface area contributed by atoms with Crippen LogP contribution < -0.4 is 0 Å². The average Bonchev–Trinajstić information content (AvgIpc) is 3.14. The molecule has 6 fully saturated rings. The normalized spacial score (nSPS) is 49.7. The molecular weight excluding hydrogens is 704 g/mol. The molecule has 3 saturated carbocycles. The van der Waals surface area contributed by atoms with Crippen molar-refractivity contribution in [2.75, 3.05) is 13.2 Å². The van der Waals surface area contributed by atoms with Gasteiger partial charge in [0.15, 0.2) is 24.8 Å². The lowest BCUT2D eigenvalue weighted by Crippen LogP contribution is -2.64. The number of carbonyl (C=O) groups excluding carboxylic acids is 1. The van der Waals surface area contributed by atoms with Gasteiger partial charge in [0, 0.05) is 24.8 Å². The van der Waals surface area contributed by atoms with Crippen molar-refractivity contribution in [3.8, 4) is 0 Å². The highest BCUT2D eigenvalue weighted by Gasteiger charge is 2.56. The van der Waals surface area contributed by atoms with Crippen LogP contribution in [0.2, 0.25) is 0 Å². The molecule has 17 nitrogen and oxygen atoms in total. The van der Waals surface area contributed by atoms with Crippen molar-refractivity contribution < 1.29 is 84.3 Å². The smallest absolute Gasteiger partial charge is 0.330 e. The number of aliphatic hydroxyl groups excluding tert-OH is 10. The lowest BCUT2D eigenvalue weighted by atomic mass is 9.73. The Morgan fingerprint density at radius 2 is 1.21 bits per heavy atom. The lowest BCUT2D eigenvalue weighted by molar-refractivity contribution is -0.366. The Morgan fingerprint density at radius 1 is 0.642 bits per heavy atom. The van der Waals surface area contributed by atoms with Gasteiger partial charge in [0.05, 0.1) is 36.9 Å². The molecule has 0 aromatic carbocycles. The zero-order valence-corrected chi connectivity index (χ0v) is 29.8. The van der Waals surface area contributed by atoms with Crippen molar-refractivity contribution in [1.82, 2.24) is 0 Å². The van der Waals surface area contributed by atoms with Crippen LogP contribution in [0.3, 0.4) is 0 Å². The monoisotopic (exact) mass is 763 g/mol. The molecule has 3 aliphatic carbocycles. The molecule has 53 heavy (non-hydrogen) atoms. The summed E-state index contributed by atoms with van der Waals surface area (Å²) in [6, 6.07) is 0. The molecule has 3 heterocycles. The van der Waals surface area contributed by atoms with Crippen LogP contribution in [0.15, 0.2) is 12.2 Å². The maximum absolute atomic E-state index is 12.5. The van der Waals surface area contributed by atoms with Gasteiger partial charge in [-0.25, -0.2) is 4.79 Å². The van der Waals surface area contributed by atoms with E-state index in [-0.39, 0.29) is 30.8 Å². The molecule has 11 N–H and O–H groups in total. The van der Waals surface area contributed by atoms with Gasteiger partial charge in [-0.1, -0.05) is 6.08 Å². The van der Waals surface area contributed by atoms with Crippen LogP contribution in [0.5, 0.6) is 0 Å². The first-order valence-corrected chi connectivity index (χ1v) is 19.2. The van der Waals surface area contributed by atoms with Gasteiger partial charge >= 0.3 is 5.97 Å². The van der Waals surface area contributed by atoms with Crippen LogP contribution in [0.25, 0.3) is 0 Å². The van der Waals surface area contributed by atoms with Crippen molar-refractivity contribution in [1.29, 1.82) is 0 Å². The van der Waals surface area contributed by atoms with E-state index in [9.17, 15) is 55.9 Å². The van der Waals surface area contributed by atoms with Gasteiger partial charge < -0.3 is 79.5 Å². The molecule has 6 unspecified atom stereocenters. The number of hydrogen-bond donors (Lipinski definition) is 10. The summed E-state index contributed by atoms with van der Waals surface area (Å²) in [5.74, 6) is -0.992. The van der Waals surface area contributed by atoms with E-state index in [0.29, 0.717) is 44.9 Å². The van der Waals surface area contributed by atoms with Crippen molar-refractivity contribution in [3.63, 3.8) is 0 Å². The summed E-state index contributed by atoms with van der Waals surface area (Å²) in [5, 5.41) is 104. The second kappa shape index (κ2) is 18.3. The molecular formula is C36H59O17+. The van der Waals surface area contributed by atoms with Crippen molar-refractivity contribution in [3.05, 3.63) is 12.2 Å². The second-order valence-corrected chi connectivity index (χ2v) is 15.9. The Labute approximate surface area is 308 Å². The van der Waals surface area contributed by atoms with E-state index >= 15 is 0 Å². The van der Waals surface area contributed by atoms with Crippen molar-refractivity contribution >= 4 is 5.97 Å². The lowest BCUT2D eigenvalue weighted by Gasteiger charge is -2.50. The predicted molar refractivity (Wildman–Crippen MR) is 179 cm³/mol. The topological polar surface area (TPSA) is 278 Å². The van der Waals surface area contributed by atoms with Gasteiger partial charge in [-0.2, -0.15) is 0 Å². The minimum absolute atomic E-state index is 0.0274. The Hall–Kier alpha value is -1.39. The predicted octanol–water partition coefficient (Wildman–Crippen LogP) is -2.99. The van der Waals surface area contributed by atoms with Crippen LogP contribution >= 0.6 is 0 Å². The summed E-state index contributed by atoms with van der Waals surface area (Å²) in [6.07, 6.45) is -10.3. The van der Waals surface area contributed by atoms with Crippen LogP contribution in [0.1, 0.15) is 70.6 Å². The van der Waals surface area contributed by atoms with E-state index in [0.717, 1.165) is 12.8 Å². The highest BCUT2D eigenvalue weighted by molar-refractivity contribution is 5.81. The average molecular weight is 764 g/mol. The number of fused-ring (bicyclic) bond motifs is 1. The SMILES string of the molecule is O=C(C=CC1CCC(O)CC1)OC[C@H]1O[C@@H](OC2CC3C(O[C@@H]4O[C@H](CO)[C@@H](O)[C@H](O)[C@H]4O)CC(O)CC3[OH+]C2C2CCC(O)CC2)[C@H](O)[C@@H](O)[C@@H]1O. The van der Waals surface area contributed by atoms with Gasteiger partial charge in [-0.05, 0) is 63.7 Å². The number of allylic oxidation sites excluding steroid dienone is 1. The van der Waals surface area contributed by atoms with Gasteiger partial charge in [0.25, 0.3) is 0 Å². The molecule has 6 aliphatic rings. The number of rotatable bonds is 10. The molecule has 0 amide bonds. The summed E-state index contributed by atoms with van der Waals surface area (Å²) in [5.41, 5.74) is 0. The van der Waals surface area contributed by atoms with Gasteiger partial charge in [0.1, 0.15) is 61.5 Å². The molecule has 0 radical (unpaired) electrons. The first-order chi connectivity index (χ1) is 25.3. The fraction of sp³-hybridized carbons (Fsp3) is 0.917. The number of carbonyl (C=O) groups is 1. The molecule has 0 aromatic heterocycles. The highest BCUT2D eigenvalue weighted by atomic mass is 16.7. The van der Waals surface area contributed by atoms with Gasteiger partial charge in [-0.3, -0.25) is 0 Å². The van der Waals surface area contributed by atoms with E-state index in [1.807, 2.05) is 0 Å². The fourth-order valence-corrected chi connectivity index (χ4v) is 9.02. The van der Waals surface area contributed by atoms with Crippen LogP contribution in [-0.4, -0.2) is 179 Å². The number of aliphatic hydroxyl groups is 12. The van der Waals surface area contributed by atoms with E-state index in [2.05, 4.69) is 0 Å². The van der Waals surface area contributed by atoms with E-state index in [1.54, 1.807) is 6.08 Å². The third-order valence-corrected chi connectivity index (χ3v) is 12.2. The Kier molecular flexibility index (Phi) is 14.2. The fourth-order valence-electron chi connectivity index (χ4n) is 9.02. The zero-order chi connectivity index (χ0) is 38.0. The third-order valence-electron chi connectivity index (χ3n) is 12.2. The molecule has 16 atom stereocenters. The van der Waals surface area contributed by atoms with Crippen molar-refractivity contribution in [2.24, 2.45) is 17.8 Å². The molecule has 0 spiro atoms. The molecule has 17 heteroatoms. The quantitative estimate of drug-likeness (QED) is 0.0603. The summed E-state index contributed by atoms with van der Waals surface area (Å²) in [6.45, 7) is -1.07. The van der Waals surface area contributed by atoms with E-state index in [1.165, 1.54) is 6.08 Å². The molecule has 3 aliphatic heterocycles. The summed E-state index contributed by atoms with van der Waals surface area (Å²) < 4.78 is 34.7. The standard InChI is InChI=1S/C36H58O17/c37-14-25-28(42)30(44)32(46)35(52-25)50-23-12-20(40)11-22-21(23)13-24(34(49-22)17-4-8-19(39)9-5-17)51-36-33(47)31(45)29(43)26(53-36)15-48-27(41)10-3-16-1-6-18(38)7-2-16/h3,10,16-26,28-40,42-47H,1-2,4-9,11-15H2/p+1/t16?,17?,18?,19?,20?,21?,22?,23?,24?,25-,26-,28-,29-,30+,31+,32-,33-,34?,35-,36-/m1/s1. The van der Waals surface area contributed by atoms with Gasteiger partial charge in [0.2, 0.25) is 0 Å². The van der Waals surface area contributed by atoms with E-state index < -0.39 is 123 Å². The molecule has 304 valence electrons. The maximum Gasteiger partial charge on any atom is 0.330 e. The molecule has 3 saturated heterocycles. The first kappa shape index (κ1) is 41.2. The van der Waals surface area contributed by atoms with E-state index in [4.69, 9.17) is 28.4 Å². The Bertz CT molecular complexity index is 1190. The maximum atomic E-state index is 12.5. The van der Waals surface area contributed by atoms with Crippen LogP contribution in [0, 0.1) is 17.8 Å². The summed E-state index contributed by atoms with van der Waals surface area (Å²) >= 11 is 0. The summed E-state index contributed by atoms with van der Waals surface area (Å²) in [7, 11) is 0. The minimum Gasteiger partial charge on any atom is -0.460 e. The Balaban J connectivity index is 1.15. The largest absolute Gasteiger partial charge is 0.460 e. The molecule has 0 aromatic rings. The van der Waals surface area contributed by atoms with Gasteiger partial charge in [-0.15, -0.1) is 0 Å². The molecule has 0 bridgehead atoms. The number of esters is 1. The highest BCUT2D eigenvalue weighted by Crippen LogP contribution is 2.44. The molecule has 6 rings (SSSR count). The minimum atomic E-state index is -1.70. The van der Waals surface area contributed by atoms with Crippen LogP contribution in [-0.2, 0) is 28.5 Å². The third kappa shape index (κ3) is 9.77. The number of ether oxygens (including phenoxy) is 6. The first-order valence-electron chi connectivity index (χ1n) is 19.2. The van der Waals surface area contributed by atoms with Crippen molar-refractivity contribution in [2.45, 2.75) is 175 Å². The summed E-state index contributed by atoms with van der Waals surface area (Å²) in [4.78, 5) is 12.5. The second-order valence-electron chi connectivity index (χ2n) is 15.9. The Morgan fingerprint density at radius 3 is 1.83 bits per heavy atom. The zero-order valence-electron chi connectivity index (χ0n) is 29.8.